The van der Waals surface area contributed by atoms with E-state index >= 15 is 0 Å². The summed E-state index contributed by atoms with van der Waals surface area (Å²) in [5, 5.41) is 41.9. The third-order valence-electron chi connectivity index (χ3n) is 5.44. The number of carbonyl (C=O) groups is 2. The first-order valence-electron chi connectivity index (χ1n) is 10.2. The van der Waals surface area contributed by atoms with Crippen LogP contribution in [0.15, 0.2) is 59.3 Å². The summed E-state index contributed by atoms with van der Waals surface area (Å²) in [7, 11) is -3.14. The molecule has 0 radical (unpaired) electrons. The lowest BCUT2D eigenvalue weighted by Crippen LogP contribution is -2.60. The lowest BCUT2D eigenvalue weighted by Gasteiger charge is -2.37. The van der Waals surface area contributed by atoms with Crippen LogP contribution in [0.2, 0.25) is 0 Å². The summed E-state index contributed by atoms with van der Waals surface area (Å²) < 4.78 is 37.0. The number of pyridine rings is 1. The molecule has 2 aliphatic rings. The number of rotatable bonds is 4. The molecule has 5 unspecified atom stereocenters. The summed E-state index contributed by atoms with van der Waals surface area (Å²) >= 11 is 0. The number of aliphatic hydroxyl groups excluding tert-OH is 4. The standard InChI is InChI=1S/C21H21N3O10S/c1-24-13(19(28)23-12-8-4-5-9-22-12)17(10-6-2-3-7-11(10)35(24,31)32)33-21(30)18-15(26)14(25)16(27)20(29)34-18/h2-9,14-16,18,20,25-27,29H,1H3,(H,22,23,28). The molecular weight excluding hydrogens is 486 g/mol. The van der Waals surface area contributed by atoms with Gasteiger partial charge in [-0.2, -0.15) is 0 Å². The van der Waals surface area contributed by atoms with Crippen LogP contribution in [0.5, 0.6) is 0 Å². The van der Waals surface area contributed by atoms with E-state index in [4.69, 9.17) is 9.47 Å². The SMILES string of the molecule is CN1C(C(=O)Nc2ccccn2)=C(OC(=O)C2OC(O)C(O)C(O)C2O)c2ccccc2S1(=O)=O. The number of anilines is 1. The van der Waals surface area contributed by atoms with Crippen LogP contribution in [-0.4, -0.2) is 87.8 Å². The lowest BCUT2D eigenvalue weighted by atomic mass is 9.99. The molecule has 0 spiro atoms. The number of hydrogen-bond donors (Lipinski definition) is 5. The summed E-state index contributed by atoms with van der Waals surface area (Å²) in [6.45, 7) is 0. The third-order valence-corrected chi connectivity index (χ3v) is 7.26. The van der Waals surface area contributed by atoms with Gasteiger partial charge in [0.05, 0.1) is 4.90 Å². The normalized spacial score (nSPS) is 27.7. The van der Waals surface area contributed by atoms with Gasteiger partial charge in [0.2, 0.25) is 0 Å². The number of sulfonamides is 1. The number of likely N-dealkylation sites (N-methyl/N-ethyl adjacent to an activating group) is 1. The maximum Gasteiger partial charge on any atom is 0.343 e. The number of aromatic nitrogens is 1. The van der Waals surface area contributed by atoms with E-state index in [2.05, 4.69) is 10.3 Å². The molecule has 1 amide bonds. The fraction of sp³-hybridized carbons (Fsp3) is 0.286. The zero-order valence-corrected chi connectivity index (χ0v) is 18.9. The summed E-state index contributed by atoms with van der Waals surface area (Å²) in [6, 6.07) is 10.1. The second kappa shape index (κ2) is 9.33. The molecule has 5 N–H and O–H groups in total. The number of esters is 1. The van der Waals surface area contributed by atoms with E-state index in [9.17, 15) is 38.4 Å². The first-order valence-corrected chi connectivity index (χ1v) is 11.6. The zero-order chi connectivity index (χ0) is 25.5. The molecule has 0 bridgehead atoms. The van der Waals surface area contributed by atoms with Crippen LogP contribution < -0.4 is 5.32 Å². The molecule has 3 heterocycles. The number of nitrogens with zero attached hydrogens (tertiary/aromatic N) is 2. The van der Waals surface area contributed by atoms with Crippen molar-refractivity contribution in [2.75, 3.05) is 12.4 Å². The number of hydrogen-bond acceptors (Lipinski definition) is 11. The first-order chi connectivity index (χ1) is 16.5. The molecule has 35 heavy (non-hydrogen) atoms. The van der Waals surface area contributed by atoms with Gasteiger partial charge in [0.1, 0.15) is 24.1 Å². The maximum absolute atomic E-state index is 13.2. The molecule has 13 nitrogen and oxygen atoms in total. The van der Waals surface area contributed by atoms with E-state index in [1.807, 2.05) is 0 Å². The monoisotopic (exact) mass is 507 g/mol. The van der Waals surface area contributed by atoms with E-state index in [-0.39, 0.29) is 16.3 Å². The minimum atomic E-state index is -4.23. The van der Waals surface area contributed by atoms with Gasteiger partial charge in [-0.3, -0.25) is 9.10 Å². The fourth-order valence-corrected chi connectivity index (χ4v) is 4.98. The Morgan fingerprint density at radius 3 is 2.40 bits per heavy atom. The van der Waals surface area contributed by atoms with Crippen molar-refractivity contribution in [2.24, 2.45) is 0 Å². The average Bonchev–Trinajstić information content (AvgIpc) is 2.84. The van der Waals surface area contributed by atoms with Crippen molar-refractivity contribution >= 4 is 33.5 Å². The molecule has 4 rings (SSSR count). The number of carbonyl (C=O) groups excluding carboxylic acids is 2. The van der Waals surface area contributed by atoms with Crippen LogP contribution >= 0.6 is 0 Å². The van der Waals surface area contributed by atoms with Crippen LogP contribution in [0.25, 0.3) is 5.76 Å². The minimum absolute atomic E-state index is 0.0894. The Hall–Kier alpha value is -3.40. The van der Waals surface area contributed by atoms with Gasteiger partial charge in [-0.25, -0.2) is 18.2 Å². The van der Waals surface area contributed by atoms with Gasteiger partial charge in [0.25, 0.3) is 15.9 Å². The Balaban J connectivity index is 1.78. The number of amides is 1. The second-order valence-electron chi connectivity index (χ2n) is 7.66. The highest BCUT2D eigenvalue weighted by molar-refractivity contribution is 7.89. The van der Waals surface area contributed by atoms with Gasteiger partial charge >= 0.3 is 5.97 Å². The molecule has 2 aromatic rings. The highest BCUT2D eigenvalue weighted by atomic mass is 32.2. The largest absolute Gasteiger partial charge is 0.421 e. The predicted molar refractivity (Wildman–Crippen MR) is 116 cm³/mol. The molecule has 1 fully saturated rings. The van der Waals surface area contributed by atoms with Crippen LogP contribution in [0, 0.1) is 0 Å². The Morgan fingerprint density at radius 2 is 1.71 bits per heavy atom. The molecule has 1 saturated heterocycles. The molecule has 14 heteroatoms. The van der Waals surface area contributed by atoms with Crippen molar-refractivity contribution in [1.82, 2.24) is 9.29 Å². The third kappa shape index (κ3) is 4.38. The lowest BCUT2D eigenvalue weighted by molar-refractivity contribution is -0.279. The van der Waals surface area contributed by atoms with Gasteiger partial charge in [-0.1, -0.05) is 18.2 Å². The van der Waals surface area contributed by atoms with Crippen LogP contribution in [0.4, 0.5) is 5.82 Å². The number of nitrogens with one attached hydrogen (secondary N) is 1. The molecule has 186 valence electrons. The van der Waals surface area contributed by atoms with Gasteiger partial charge in [-0.05, 0) is 24.3 Å². The number of fused-ring (bicyclic) bond motifs is 1. The van der Waals surface area contributed by atoms with Crippen molar-refractivity contribution < 1.29 is 47.9 Å². The van der Waals surface area contributed by atoms with Gasteiger partial charge < -0.3 is 35.2 Å². The Labute approximate surface area is 198 Å². The van der Waals surface area contributed by atoms with Crippen LogP contribution in [0.1, 0.15) is 5.56 Å². The molecule has 0 aliphatic carbocycles. The molecule has 2 aliphatic heterocycles. The Bertz CT molecular complexity index is 1280. The van der Waals surface area contributed by atoms with E-state index in [1.165, 1.54) is 36.5 Å². The van der Waals surface area contributed by atoms with E-state index in [0.717, 1.165) is 7.05 Å². The second-order valence-corrected chi connectivity index (χ2v) is 9.59. The van der Waals surface area contributed by atoms with Crippen molar-refractivity contribution in [3.63, 3.8) is 0 Å². The van der Waals surface area contributed by atoms with Gasteiger partial charge in [0, 0.05) is 18.8 Å². The molecule has 1 aromatic carbocycles. The summed E-state index contributed by atoms with van der Waals surface area (Å²) in [5.41, 5.74) is -0.703. The fourth-order valence-electron chi connectivity index (χ4n) is 3.59. The zero-order valence-electron chi connectivity index (χ0n) is 18.0. The maximum atomic E-state index is 13.2. The highest BCUT2D eigenvalue weighted by Crippen LogP contribution is 2.37. The average molecular weight is 507 g/mol. The van der Waals surface area contributed by atoms with Crippen molar-refractivity contribution in [1.29, 1.82) is 0 Å². The number of ether oxygens (including phenoxy) is 2. The summed E-state index contributed by atoms with van der Waals surface area (Å²) in [6.07, 6.45) is -8.42. The molecular formula is C21H21N3O10S. The van der Waals surface area contributed by atoms with Crippen LogP contribution in [-0.2, 0) is 29.1 Å². The predicted octanol–water partition coefficient (Wildman–Crippen LogP) is -1.63. The summed E-state index contributed by atoms with van der Waals surface area (Å²) in [5.74, 6) is -2.73. The quantitative estimate of drug-likeness (QED) is 0.298. The first kappa shape index (κ1) is 24.7. The van der Waals surface area contributed by atoms with E-state index in [0.29, 0.717) is 4.31 Å². The van der Waals surface area contributed by atoms with Crippen molar-refractivity contribution in [2.45, 2.75) is 35.6 Å². The molecule has 1 aromatic heterocycles. The number of benzene rings is 1. The van der Waals surface area contributed by atoms with Gasteiger partial charge in [0.15, 0.2) is 23.9 Å². The van der Waals surface area contributed by atoms with Crippen molar-refractivity contribution in [3.05, 3.63) is 59.9 Å². The smallest absolute Gasteiger partial charge is 0.343 e. The minimum Gasteiger partial charge on any atom is -0.421 e. The van der Waals surface area contributed by atoms with Crippen molar-refractivity contribution in [3.8, 4) is 0 Å². The van der Waals surface area contributed by atoms with E-state index < -0.39 is 64.1 Å². The van der Waals surface area contributed by atoms with Crippen LogP contribution in [0.3, 0.4) is 0 Å². The Morgan fingerprint density at radius 1 is 1.03 bits per heavy atom. The van der Waals surface area contributed by atoms with E-state index in [1.54, 1.807) is 12.1 Å². The molecule has 5 atom stereocenters. The van der Waals surface area contributed by atoms with Gasteiger partial charge in [-0.15, -0.1) is 0 Å². The molecule has 0 saturated carbocycles. The Kier molecular flexibility index (Phi) is 6.59. The topological polar surface area (TPSA) is 196 Å². The number of aliphatic hydroxyl groups is 4. The summed E-state index contributed by atoms with van der Waals surface area (Å²) in [4.78, 5) is 29.8. The highest BCUT2D eigenvalue weighted by Gasteiger charge is 2.48.